The summed E-state index contributed by atoms with van der Waals surface area (Å²) in [5.41, 5.74) is 0.660. The zero-order valence-corrected chi connectivity index (χ0v) is 19.9. The van der Waals surface area contributed by atoms with Crippen LogP contribution in [0.3, 0.4) is 0 Å². The molecule has 1 aliphatic rings. The van der Waals surface area contributed by atoms with E-state index in [1.165, 1.54) is 38.5 Å². The molecule has 2 N–H and O–H groups in total. The third kappa shape index (κ3) is 5.57. The van der Waals surface area contributed by atoms with E-state index in [0.717, 1.165) is 6.42 Å². The Labute approximate surface area is 194 Å². The number of carbonyl (C=O) groups excluding carboxylic acids is 2. The minimum atomic E-state index is -3.97. The highest BCUT2D eigenvalue weighted by atomic mass is 32.2. The minimum Gasteiger partial charge on any atom is -0.497 e. The average Bonchev–Trinajstić information content (AvgIpc) is 3.28. The van der Waals surface area contributed by atoms with Crippen molar-refractivity contribution in [3.05, 3.63) is 48.0 Å². The van der Waals surface area contributed by atoms with Crippen molar-refractivity contribution in [3.63, 3.8) is 0 Å². The third-order valence-corrected chi connectivity index (χ3v) is 6.69. The third-order valence-electron chi connectivity index (χ3n) is 5.29. The van der Waals surface area contributed by atoms with Crippen molar-refractivity contribution in [2.75, 3.05) is 25.5 Å². The lowest BCUT2D eigenvalue weighted by Crippen LogP contribution is -2.47. The van der Waals surface area contributed by atoms with Crippen molar-refractivity contribution in [2.24, 2.45) is 0 Å². The summed E-state index contributed by atoms with van der Waals surface area (Å²) in [6.07, 6.45) is 1.37. The van der Waals surface area contributed by atoms with E-state index in [0.29, 0.717) is 24.3 Å². The van der Waals surface area contributed by atoms with Crippen LogP contribution in [0.1, 0.15) is 37.0 Å². The number of methoxy groups -OCH3 is 2. The Morgan fingerprint density at radius 1 is 1.06 bits per heavy atom. The van der Waals surface area contributed by atoms with Gasteiger partial charge in [-0.1, -0.05) is 0 Å². The van der Waals surface area contributed by atoms with Crippen molar-refractivity contribution < 1.29 is 27.5 Å². The number of likely N-dealkylation sites (tertiary alicyclic amines) is 1. The smallest absolute Gasteiger partial charge is 0.265 e. The first-order valence-electron chi connectivity index (χ1n) is 10.6. The highest BCUT2D eigenvalue weighted by Gasteiger charge is 2.34. The molecule has 1 aliphatic heterocycles. The van der Waals surface area contributed by atoms with Crippen LogP contribution in [0.2, 0.25) is 0 Å². The van der Waals surface area contributed by atoms with Crippen LogP contribution in [0.15, 0.2) is 47.4 Å². The molecule has 2 amide bonds. The van der Waals surface area contributed by atoms with E-state index in [1.807, 2.05) is 13.8 Å². The second-order valence-electron chi connectivity index (χ2n) is 8.02. The molecule has 0 radical (unpaired) electrons. The van der Waals surface area contributed by atoms with Gasteiger partial charge in [0.2, 0.25) is 5.91 Å². The number of sulfonamides is 1. The second kappa shape index (κ2) is 10.1. The van der Waals surface area contributed by atoms with Gasteiger partial charge in [-0.05, 0) is 63.1 Å². The lowest BCUT2D eigenvalue weighted by molar-refractivity contribution is -0.125. The van der Waals surface area contributed by atoms with E-state index in [-0.39, 0.29) is 34.2 Å². The van der Waals surface area contributed by atoms with E-state index in [1.54, 1.807) is 23.1 Å². The molecule has 2 aromatic carbocycles. The summed E-state index contributed by atoms with van der Waals surface area (Å²) in [7, 11) is -1.15. The molecular formula is C23H29N3O6S. The summed E-state index contributed by atoms with van der Waals surface area (Å²) >= 11 is 0. The number of benzene rings is 2. The number of rotatable bonds is 8. The normalized spacial score (nSPS) is 15.9. The fourth-order valence-corrected chi connectivity index (χ4v) is 4.96. The molecule has 1 atom stereocenters. The van der Waals surface area contributed by atoms with Crippen LogP contribution in [0.25, 0.3) is 0 Å². The Morgan fingerprint density at radius 3 is 2.36 bits per heavy atom. The van der Waals surface area contributed by atoms with Crippen molar-refractivity contribution in [2.45, 2.75) is 43.7 Å². The number of carbonyl (C=O) groups is 2. The van der Waals surface area contributed by atoms with Gasteiger partial charge >= 0.3 is 0 Å². The van der Waals surface area contributed by atoms with Gasteiger partial charge in [0.05, 0.1) is 14.2 Å². The quantitative estimate of drug-likeness (QED) is 0.607. The zero-order chi connectivity index (χ0) is 24.2. The highest BCUT2D eigenvalue weighted by Crippen LogP contribution is 2.30. The van der Waals surface area contributed by atoms with Gasteiger partial charge in [-0.15, -0.1) is 0 Å². The number of ether oxygens (including phenoxy) is 2. The van der Waals surface area contributed by atoms with Crippen molar-refractivity contribution >= 4 is 27.5 Å². The summed E-state index contributed by atoms with van der Waals surface area (Å²) < 4.78 is 38.6. The number of nitrogens with zero attached hydrogens (tertiary/aromatic N) is 1. The maximum atomic E-state index is 13.0. The molecule has 9 nitrogen and oxygen atoms in total. The van der Waals surface area contributed by atoms with Crippen LogP contribution >= 0.6 is 0 Å². The van der Waals surface area contributed by atoms with Gasteiger partial charge in [0.15, 0.2) is 0 Å². The molecule has 0 spiro atoms. The molecule has 0 bridgehead atoms. The number of amides is 2. The highest BCUT2D eigenvalue weighted by molar-refractivity contribution is 7.92. The Kier molecular flexibility index (Phi) is 7.47. The average molecular weight is 476 g/mol. The summed E-state index contributed by atoms with van der Waals surface area (Å²) in [6, 6.07) is 10.1. The largest absolute Gasteiger partial charge is 0.497 e. The molecule has 1 unspecified atom stereocenters. The Hall–Kier alpha value is -3.27. The van der Waals surface area contributed by atoms with E-state index in [9.17, 15) is 18.0 Å². The van der Waals surface area contributed by atoms with Gasteiger partial charge in [-0.2, -0.15) is 0 Å². The van der Waals surface area contributed by atoms with Gasteiger partial charge < -0.3 is 19.7 Å². The molecule has 33 heavy (non-hydrogen) atoms. The standard InChI is InChI=1S/C23H29N3O6S/c1-15(2)24-22(27)19-6-5-13-26(19)23(28)16-7-9-17(10-8-16)25-33(29,30)21-14-18(31-3)11-12-20(21)32-4/h7-12,14-15,19,25H,5-6,13H2,1-4H3,(H,24,27). The van der Waals surface area contributed by atoms with Gasteiger partial charge in [-0.3, -0.25) is 14.3 Å². The first kappa shape index (κ1) is 24.4. The van der Waals surface area contributed by atoms with Crippen LogP contribution in [-0.4, -0.2) is 58.0 Å². The number of hydrogen-bond acceptors (Lipinski definition) is 6. The van der Waals surface area contributed by atoms with Crippen molar-refractivity contribution in [1.29, 1.82) is 0 Å². The van der Waals surface area contributed by atoms with E-state index in [2.05, 4.69) is 10.0 Å². The van der Waals surface area contributed by atoms with Crippen LogP contribution in [0.5, 0.6) is 11.5 Å². The number of hydrogen-bond donors (Lipinski definition) is 2. The SMILES string of the molecule is COc1ccc(OC)c(S(=O)(=O)Nc2ccc(C(=O)N3CCCC3C(=O)NC(C)C)cc2)c1. The second-order valence-corrected chi connectivity index (χ2v) is 9.67. The predicted octanol–water partition coefficient (Wildman–Crippen LogP) is 2.63. The molecule has 2 aromatic rings. The number of anilines is 1. The topological polar surface area (TPSA) is 114 Å². The maximum Gasteiger partial charge on any atom is 0.265 e. The number of nitrogens with one attached hydrogen (secondary N) is 2. The molecule has 178 valence electrons. The van der Waals surface area contributed by atoms with Gasteiger partial charge in [-0.25, -0.2) is 8.42 Å². The predicted molar refractivity (Wildman–Crippen MR) is 124 cm³/mol. The van der Waals surface area contributed by atoms with Gasteiger partial charge in [0.25, 0.3) is 15.9 Å². The van der Waals surface area contributed by atoms with Crippen molar-refractivity contribution in [3.8, 4) is 11.5 Å². The lowest BCUT2D eigenvalue weighted by atomic mass is 10.1. The molecule has 0 saturated carbocycles. The van der Waals surface area contributed by atoms with E-state index < -0.39 is 16.1 Å². The Balaban J connectivity index is 1.76. The fraction of sp³-hybridized carbons (Fsp3) is 0.391. The zero-order valence-electron chi connectivity index (χ0n) is 19.1. The molecule has 3 rings (SSSR count). The fourth-order valence-electron chi connectivity index (χ4n) is 3.71. The Bertz CT molecular complexity index is 1120. The molecular weight excluding hydrogens is 446 g/mol. The maximum absolute atomic E-state index is 13.0. The summed E-state index contributed by atoms with van der Waals surface area (Å²) in [5.74, 6) is 0.126. The van der Waals surface area contributed by atoms with Crippen LogP contribution in [0.4, 0.5) is 5.69 Å². The van der Waals surface area contributed by atoms with Crippen LogP contribution in [0, 0.1) is 0 Å². The molecule has 0 aliphatic carbocycles. The van der Waals surface area contributed by atoms with Crippen LogP contribution < -0.4 is 19.5 Å². The first-order chi connectivity index (χ1) is 15.7. The van der Waals surface area contributed by atoms with Crippen molar-refractivity contribution in [1.82, 2.24) is 10.2 Å². The molecule has 1 saturated heterocycles. The van der Waals surface area contributed by atoms with E-state index in [4.69, 9.17) is 9.47 Å². The van der Waals surface area contributed by atoms with Crippen LogP contribution in [-0.2, 0) is 14.8 Å². The molecule has 1 fully saturated rings. The summed E-state index contributed by atoms with van der Waals surface area (Å²) in [6.45, 7) is 4.25. The summed E-state index contributed by atoms with van der Waals surface area (Å²) in [5, 5.41) is 2.86. The van der Waals surface area contributed by atoms with Gasteiger partial charge in [0.1, 0.15) is 22.4 Å². The summed E-state index contributed by atoms with van der Waals surface area (Å²) in [4.78, 5) is 26.9. The Morgan fingerprint density at radius 2 is 1.76 bits per heavy atom. The minimum absolute atomic E-state index is 0.00874. The molecule has 10 heteroatoms. The molecule has 1 heterocycles. The molecule has 0 aromatic heterocycles. The lowest BCUT2D eigenvalue weighted by Gasteiger charge is -2.25. The monoisotopic (exact) mass is 475 g/mol. The van der Waals surface area contributed by atoms with Gasteiger partial charge in [0, 0.05) is 29.9 Å². The first-order valence-corrected chi connectivity index (χ1v) is 12.1. The van der Waals surface area contributed by atoms with E-state index >= 15 is 0 Å².